The van der Waals surface area contributed by atoms with Gasteiger partial charge < -0.3 is 9.73 Å². The Morgan fingerprint density at radius 1 is 1.39 bits per heavy atom. The summed E-state index contributed by atoms with van der Waals surface area (Å²) in [7, 11) is 0. The van der Waals surface area contributed by atoms with Crippen LogP contribution in [0.15, 0.2) is 46.9 Å². The van der Waals surface area contributed by atoms with E-state index in [0.29, 0.717) is 0 Å². The second-order valence-corrected chi connectivity index (χ2v) is 4.79. The van der Waals surface area contributed by atoms with E-state index in [4.69, 9.17) is 4.42 Å². The van der Waals surface area contributed by atoms with Crippen molar-refractivity contribution in [1.82, 2.24) is 5.32 Å². The molecule has 2 heteroatoms. The SMILES string of the molecule is C=C(C)CCC(NCC)c1cc2ccccc2o1. The first-order valence-corrected chi connectivity index (χ1v) is 6.57. The number of para-hydroxylation sites is 1. The van der Waals surface area contributed by atoms with Crippen molar-refractivity contribution in [2.24, 2.45) is 0 Å². The van der Waals surface area contributed by atoms with Gasteiger partial charge in [0.2, 0.25) is 0 Å². The van der Waals surface area contributed by atoms with Gasteiger partial charge in [-0.25, -0.2) is 0 Å². The summed E-state index contributed by atoms with van der Waals surface area (Å²) >= 11 is 0. The lowest BCUT2D eigenvalue weighted by Crippen LogP contribution is -2.20. The Hall–Kier alpha value is -1.54. The van der Waals surface area contributed by atoms with Gasteiger partial charge in [-0.15, -0.1) is 6.58 Å². The van der Waals surface area contributed by atoms with Crippen molar-refractivity contribution in [3.05, 3.63) is 48.2 Å². The first-order chi connectivity index (χ1) is 8.70. The fraction of sp³-hybridized carbons (Fsp3) is 0.375. The highest BCUT2D eigenvalue weighted by atomic mass is 16.3. The van der Waals surface area contributed by atoms with Crippen molar-refractivity contribution in [3.8, 4) is 0 Å². The lowest BCUT2D eigenvalue weighted by Gasteiger charge is -2.15. The fourth-order valence-corrected chi connectivity index (χ4v) is 2.16. The fourth-order valence-electron chi connectivity index (χ4n) is 2.16. The van der Waals surface area contributed by atoms with Gasteiger partial charge in [0.15, 0.2) is 0 Å². The van der Waals surface area contributed by atoms with Gasteiger partial charge >= 0.3 is 0 Å². The third-order valence-electron chi connectivity index (χ3n) is 3.10. The third-order valence-corrected chi connectivity index (χ3v) is 3.10. The summed E-state index contributed by atoms with van der Waals surface area (Å²) in [5, 5.41) is 4.65. The normalized spacial score (nSPS) is 12.8. The van der Waals surface area contributed by atoms with E-state index in [1.807, 2.05) is 18.2 Å². The van der Waals surface area contributed by atoms with Crippen LogP contribution in [0.1, 0.15) is 38.5 Å². The van der Waals surface area contributed by atoms with E-state index in [2.05, 4.69) is 37.9 Å². The van der Waals surface area contributed by atoms with Crippen molar-refractivity contribution in [1.29, 1.82) is 0 Å². The molecule has 18 heavy (non-hydrogen) atoms. The highest BCUT2D eigenvalue weighted by Gasteiger charge is 2.14. The van der Waals surface area contributed by atoms with Crippen LogP contribution in [-0.4, -0.2) is 6.54 Å². The highest BCUT2D eigenvalue weighted by Crippen LogP contribution is 2.27. The van der Waals surface area contributed by atoms with Crippen LogP contribution in [0.5, 0.6) is 0 Å². The predicted molar refractivity (Wildman–Crippen MR) is 76.7 cm³/mol. The van der Waals surface area contributed by atoms with Gasteiger partial charge in [-0.1, -0.05) is 30.7 Å². The smallest absolute Gasteiger partial charge is 0.134 e. The zero-order chi connectivity index (χ0) is 13.0. The molecule has 1 aromatic heterocycles. The van der Waals surface area contributed by atoms with Crippen LogP contribution in [-0.2, 0) is 0 Å². The van der Waals surface area contributed by atoms with E-state index in [1.165, 1.54) is 11.0 Å². The van der Waals surface area contributed by atoms with Crippen LogP contribution in [0.3, 0.4) is 0 Å². The van der Waals surface area contributed by atoms with Crippen molar-refractivity contribution >= 4 is 11.0 Å². The molecule has 0 fully saturated rings. The number of rotatable bonds is 6. The van der Waals surface area contributed by atoms with Crippen LogP contribution in [0.25, 0.3) is 11.0 Å². The second-order valence-electron chi connectivity index (χ2n) is 4.79. The zero-order valence-corrected chi connectivity index (χ0v) is 11.2. The first-order valence-electron chi connectivity index (χ1n) is 6.57. The Morgan fingerprint density at radius 3 is 2.83 bits per heavy atom. The van der Waals surface area contributed by atoms with E-state index < -0.39 is 0 Å². The lowest BCUT2D eigenvalue weighted by atomic mass is 10.1. The largest absolute Gasteiger partial charge is 0.459 e. The van der Waals surface area contributed by atoms with Crippen molar-refractivity contribution in [2.45, 2.75) is 32.7 Å². The van der Waals surface area contributed by atoms with Crippen LogP contribution in [0.2, 0.25) is 0 Å². The van der Waals surface area contributed by atoms with Crippen LogP contribution in [0, 0.1) is 0 Å². The molecule has 2 nitrogen and oxygen atoms in total. The maximum absolute atomic E-state index is 5.92. The molecular weight excluding hydrogens is 222 g/mol. The van der Waals surface area contributed by atoms with Gasteiger partial charge in [0, 0.05) is 5.39 Å². The molecule has 0 bridgehead atoms. The van der Waals surface area contributed by atoms with Gasteiger partial charge in [0.1, 0.15) is 11.3 Å². The van der Waals surface area contributed by atoms with Gasteiger partial charge in [-0.2, -0.15) is 0 Å². The van der Waals surface area contributed by atoms with Gasteiger partial charge in [-0.05, 0) is 38.4 Å². The molecule has 0 aliphatic carbocycles. The minimum absolute atomic E-state index is 0.277. The molecule has 1 heterocycles. The van der Waals surface area contributed by atoms with Gasteiger partial charge in [0.05, 0.1) is 6.04 Å². The molecule has 0 saturated carbocycles. The van der Waals surface area contributed by atoms with Crippen LogP contribution in [0.4, 0.5) is 0 Å². The highest BCUT2D eigenvalue weighted by molar-refractivity contribution is 5.77. The summed E-state index contributed by atoms with van der Waals surface area (Å²) in [6, 6.07) is 10.6. The van der Waals surface area contributed by atoms with Gasteiger partial charge in [-0.3, -0.25) is 0 Å². The maximum atomic E-state index is 5.92. The van der Waals surface area contributed by atoms with Crippen molar-refractivity contribution < 1.29 is 4.42 Å². The van der Waals surface area contributed by atoms with Crippen molar-refractivity contribution in [2.75, 3.05) is 6.54 Å². The summed E-state index contributed by atoms with van der Waals surface area (Å²) in [5.74, 6) is 1.03. The molecule has 1 N–H and O–H groups in total. The van der Waals surface area contributed by atoms with E-state index in [0.717, 1.165) is 30.7 Å². The number of hydrogen-bond acceptors (Lipinski definition) is 2. The first kappa shape index (κ1) is 12.9. The number of hydrogen-bond donors (Lipinski definition) is 1. The predicted octanol–water partition coefficient (Wildman–Crippen LogP) is 4.44. The minimum Gasteiger partial charge on any atom is -0.459 e. The number of nitrogens with one attached hydrogen (secondary N) is 1. The summed E-state index contributed by atoms with van der Waals surface area (Å²) in [5.41, 5.74) is 2.18. The molecule has 96 valence electrons. The van der Waals surface area contributed by atoms with Crippen molar-refractivity contribution in [3.63, 3.8) is 0 Å². The quantitative estimate of drug-likeness (QED) is 0.759. The Kier molecular flexibility index (Phi) is 4.21. The third kappa shape index (κ3) is 3.02. The topological polar surface area (TPSA) is 25.2 Å². The summed E-state index contributed by atoms with van der Waals surface area (Å²) in [6.07, 6.45) is 2.05. The molecule has 2 aromatic rings. The van der Waals surface area contributed by atoms with E-state index in [1.54, 1.807) is 0 Å². The Labute approximate surface area is 109 Å². The molecular formula is C16H21NO. The number of fused-ring (bicyclic) bond motifs is 1. The summed E-state index contributed by atoms with van der Waals surface area (Å²) in [6.45, 7) is 9.10. The van der Waals surface area contributed by atoms with Crippen LogP contribution < -0.4 is 5.32 Å². The number of allylic oxidation sites excluding steroid dienone is 1. The molecule has 0 aliphatic rings. The second kappa shape index (κ2) is 5.87. The maximum Gasteiger partial charge on any atom is 0.134 e. The van der Waals surface area contributed by atoms with E-state index in [9.17, 15) is 0 Å². The summed E-state index contributed by atoms with van der Waals surface area (Å²) < 4.78 is 5.92. The average molecular weight is 243 g/mol. The molecule has 0 saturated heterocycles. The molecule has 0 aliphatic heterocycles. The average Bonchev–Trinajstić information content (AvgIpc) is 2.77. The molecule has 0 amide bonds. The number of furan rings is 1. The molecule has 1 atom stereocenters. The minimum atomic E-state index is 0.277. The molecule has 1 aromatic carbocycles. The van der Waals surface area contributed by atoms with Crippen LogP contribution >= 0.6 is 0 Å². The Balaban J connectivity index is 2.20. The monoisotopic (exact) mass is 243 g/mol. The number of benzene rings is 1. The van der Waals surface area contributed by atoms with E-state index >= 15 is 0 Å². The van der Waals surface area contributed by atoms with Gasteiger partial charge in [0.25, 0.3) is 0 Å². The Morgan fingerprint density at radius 2 is 2.17 bits per heavy atom. The molecule has 0 radical (unpaired) electrons. The molecule has 0 spiro atoms. The molecule has 1 unspecified atom stereocenters. The molecule has 2 rings (SSSR count). The lowest BCUT2D eigenvalue weighted by molar-refractivity contribution is 0.417. The standard InChI is InChI=1S/C16H21NO/c1-4-17-14(10-9-12(2)3)16-11-13-7-5-6-8-15(13)18-16/h5-8,11,14,17H,2,4,9-10H2,1,3H3. The Bertz CT molecular complexity index is 494. The zero-order valence-electron chi connectivity index (χ0n) is 11.2. The summed E-state index contributed by atoms with van der Waals surface area (Å²) in [4.78, 5) is 0. The van der Waals surface area contributed by atoms with E-state index in [-0.39, 0.29) is 6.04 Å².